The normalized spacial score (nSPS) is 28.4. The zero-order valence-electron chi connectivity index (χ0n) is 12.6. The summed E-state index contributed by atoms with van der Waals surface area (Å²) in [5.41, 5.74) is 3.05. The molecule has 2 atom stereocenters. The van der Waals surface area contributed by atoms with E-state index in [1.165, 1.54) is 12.8 Å². The van der Waals surface area contributed by atoms with Crippen molar-refractivity contribution in [3.05, 3.63) is 34.9 Å². The van der Waals surface area contributed by atoms with Crippen molar-refractivity contribution in [3.8, 4) is 0 Å². The molecule has 2 heterocycles. The van der Waals surface area contributed by atoms with Crippen molar-refractivity contribution in [2.24, 2.45) is 0 Å². The number of carbonyl (C=O) groups excluding carboxylic acids is 1. The number of aryl methyl sites for hydroxylation is 2. The molecule has 2 bridgehead atoms. The average Bonchev–Trinajstić information content (AvgIpc) is 2.76. The minimum Gasteiger partial charge on any atom is -0.339 e. The predicted molar refractivity (Wildman–Crippen MR) is 81.0 cm³/mol. The average molecular weight is 272 g/mol. The molecule has 3 nitrogen and oxygen atoms in total. The fraction of sp³-hybridized carbons (Fsp3) is 0.588. The molecule has 3 rings (SSSR count). The van der Waals surface area contributed by atoms with Gasteiger partial charge in [0.2, 0.25) is 0 Å². The van der Waals surface area contributed by atoms with E-state index < -0.39 is 0 Å². The van der Waals surface area contributed by atoms with Crippen molar-refractivity contribution in [1.29, 1.82) is 0 Å². The molecule has 0 saturated carbocycles. The minimum absolute atomic E-state index is 0.187. The number of nitrogens with one attached hydrogen (secondary N) is 1. The molecule has 2 fully saturated rings. The van der Waals surface area contributed by atoms with E-state index in [4.69, 9.17) is 0 Å². The van der Waals surface area contributed by atoms with Gasteiger partial charge in [-0.2, -0.15) is 0 Å². The molecule has 2 aliphatic heterocycles. The van der Waals surface area contributed by atoms with Crippen LogP contribution in [0.3, 0.4) is 0 Å². The summed E-state index contributed by atoms with van der Waals surface area (Å²) in [6.45, 7) is 4.06. The Kier molecular flexibility index (Phi) is 3.55. The molecular weight excluding hydrogens is 248 g/mol. The maximum atomic E-state index is 12.8. The van der Waals surface area contributed by atoms with Gasteiger partial charge in [-0.05, 0) is 50.7 Å². The van der Waals surface area contributed by atoms with Crippen LogP contribution in [-0.4, -0.2) is 36.0 Å². The van der Waals surface area contributed by atoms with E-state index in [1.807, 2.05) is 44.0 Å². The third-order valence-corrected chi connectivity index (χ3v) is 5.01. The maximum Gasteiger partial charge on any atom is 0.254 e. The number of hydrogen-bond donors (Lipinski definition) is 1. The third kappa shape index (κ3) is 2.35. The molecule has 2 unspecified atom stereocenters. The van der Waals surface area contributed by atoms with Gasteiger partial charge in [-0.25, -0.2) is 0 Å². The number of rotatable bonds is 2. The van der Waals surface area contributed by atoms with E-state index in [0.717, 1.165) is 29.5 Å². The van der Waals surface area contributed by atoms with Gasteiger partial charge in [0, 0.05) is 30.7 Å². The van der Waals surface area contributed by atoms with Gasteiger partial charge in [0.25, 0.3) is 5.91 Å². The van der Waals surface area contributed by atoms with E-state index >= 15 is 0 Å². The number of carbonyl (C=O) groups is 1. The fourth-order valence-corrected chi connectivity index (χ4v) is 3.84. The highest BCUT2D eigenvalue weighted by Crippen LogP contribution is 2.30. The molecule has 0 radical (unpaired) electrons. The van der Waals surface area contributed by atoms with Gasteiger partial charge in [0.05, 0.1) is 0 Å². The van der Waals surface area contributed by atoms with E-state index in [0.29, 0.717) is 18.1 Å². The lowest BCUT2D eigenvalue weighted by atomic mass is 9.96. The number of nitrogens with zero attached hydrogens (tertiary/aromatic N) is 1. The Labute approximate surface area is 121 Å². The van der Waals surface area contributed by atoms with Gasteiger partial charge >= 0.3 is 0 Å². The molecule has 2 saturated heterocycles. The molecule has 108 valence electrons. The quantitative estimate of drug-likeness (QED) is 0.897. The lowest BCUT2D eigenvalue weighted by Gasteiger charge is -2.36. The SMILES string of the molecule is Cc1cccc(C)c1C(=O)N(C)C1CC2CCC(C1)N2. The number of fused-ring (bicyclic) bond motifs is 2. The van der Waals surface area contributed by atoms with Crippen molar-refractivity contribution >= 4 is 5.91 Å². The predicted octanol–water partition coefficient (Wildman–Crippen LogP) is 2.66. The van der Waals surface area contributed by atoms with Crippen molar-refractivity contribution < 1.29 is 4.79 Å². The lowest BCUT2D eigenvalue weighted by molar-refractivity contribution is 0.0680. The first-order chi connectivity index (χ1) is 9.56. The van der Waals surface area contributed by atoms with E-state index in [1.54, 1.807) is 0 Å². The maximum absolute atomic E-state index is 12.8. The van der Waals surface area contributed by atoms with Gasteiger partial charge in [-0.1, -0.05) is 18.2 Å². The Balaban J connectivity index is 1.80. The summed E-state index contributed by atoms with van der Waals surface area (Å²) < 4.78 is 0. The van der Waals surface area contributed by atoms with Crippen molar-refractivity contribution in [2.45, 2.75) is 57.7 Å². The summed E-state index contributed by atoms with van der Waals surface area (Å²) in [6.07, 6.45) is 4.74. The number of benzene rings is 1. The first-order valence-corrected chi connectivity index (χ1v) is 7.65. The third-order valence-electron chi connectivity index (χ3n) is 5.01. The van der Waals surface area contributed by atoms with Gasteiger partial charge < -0.3 is 10.2 Å². The molecule has 0 spiro atoms. The van der Waals surface area contributed by atoms with E-state index in [9.17, 15) is 4.79 Å². The molecule has 2 aliphatic rings. The molecule has 20 heavy (non-hydrogen) atoms. The second-order valence-electron chi connectivity index (χ2n) is 6.45. The summed E-state index contributed by atoms with van der Waals surface area (Å²) in [4.78, 5) is 14.8. The molecule has 0 aromatic heterocycles. The van der Waals surface area contributed by atoms with Crippen LogP contribution < -0.4 is 5.32 Å². The number of piperidine rings is 1. The first-order valence-electron chi connectivity index (χ1n) is 7.65. The molecule has 3 heteroatoms. The molecule has 1 aromatic rings. The van der Waals surface area contributed by atoms with Crippen LogP contribution in [-0.2, 0) is 0 Å². The second kappa shape index (κ2) is 5.21. The molecule has 0 aliphatic carbocycles. The lowest BCUT2D eigenvalue weighted by Crippen LogP contribution is -2.48. The van der Waals surface area contributed by atoms with Crippen LogP contribution in [0.1, 0.15) is 47.2 Å². The van der Waals surface area contributed by atoms with Crippen LogP contribution in [0.2, 0.25) is 0 Å². The van der Waals surface area contributed by atoms with Crippen molar-refractivity contribution in [3.63, 3.8) is 0 Å². The Morgan fingerprint density at radius 1 is 1.15 bits per heavy atom. The highest BCUT2D eigenvalue weighted by atomic mass is 16.2. The highest BCUT2D eigenvalue weighted by molar-refractivity contribution is 5.97. The van der Waals surface area contributed by atoms with Crippen molar-refractivity contribution in [2.75, 3.05) is 7.05 Å². The summed E-state index contributed by atoms with van der Waals surface area (Å²) in [5.74, 6) is 0.187. The number of hydrogen-bond acceptors (Lipinski definition) is 2. The Hall–Kier alpha value is -1.35. The van der Waals surface area contributed by atoms with Crippen LogP contribution in [0.5, 0.6) is 0 Å². The highest BCUT2D eigenvalue weighted by Gasteiger charge is 2.36. The van der Waals surface area contributed by atoms with Crippen LogP contribution in [0, 0.1) is 13.8 Å². The molecule has 1 aromatic carbocycles. The molecule has 1 amide bonds. The minimum atomic E-state index is 0.187. The summed E-state index contributed by atoms with van der Waals surface area (Å²) in [7, 11) is 1.98. The molecule has 1 N–H and O–H groups in total. The fourth-order valence-electron chi connectivity index (χ4n) is 3.84. The Morgan fingerprint density at radius 3 is 2.25 bits per heavy atom. The monoisotopic (exact) mass is 272 g/mol. The van der Waals surface area contributed by atoms with Gasteiger partial charge in [-0.15, -0.1) is 0 Å². The Morgan fingerprint density at radius 2 is 1.70 bits per heavy atom. The van der Waals surface area contributed by atoms with Crippen LogP contribution in [0.15, 0.2) is 18.2 Å². The Bertz CT molecular complexity index is 493. The smallest absolute Gasteiger partial charge is 0.254 e. The van der Waals surface area contributed by atoms with Gasteiger partial charge in [0.15, 0.2) is 0 Å². The standard InChI is InChI=1S/C17H24N2O/c1-11-5-4-6-12(2)16(11)17(20)19(3)15-9-13-7-8-14(10-15)18-13/h4-6,13-15,18H,7-10H2,1-3H3. The van der Waals surface area contributed by atoms with Gasteiger partial charge in [0.1, 0.15) is 0 Å². The van der Waals surface area contributed by atoms with Crippen LogP contribution in [0.25, 0.3) is 0 Å². The van der Waals surface area contributed by atoms with Gasteiger partial charge in [-0.3, -0.25) is 4.79 Å². The van der Waals surface area contributed by atoms with Crippen LogP contribution in [0.4, 0.5) is 0 Å². The molecular formula is C17H24N2O. The van der Waals surface area contributed by atoms with E-state index in [2.05, 4.69) is 5.32 Å². The topological polar surface area (TPSA) is 32.3 Å². The summed E-state index contributed by atoms with van der Waals surface area (Å²) in [6, 6.07) is 7.70. The number of amides is 1. The first kappa shape index (κ1) is 13.6. The van der Waals surface area contributed by atoms with Crippen molar-refractivity contribution in [1.82, 2.24) is 10.2 Å². The van der Waals surface area contributed by atoms with Crippen LogP contribution >= 0.6 is 0 Å². The summed E-state index contributed by atoms with van der Waals surface area (Å²) in [5, 5.41) is 3.64. The second-order valence-corrected chi connectivity index (χ2v) is 6.45. The summed E-state index contributed by atoms with van der Waals surface area (Å²) >= 11 is 0. The zero-order valence-corrected chi connectivity index (χ0v) is 12.6. The van der Waals surface area contributed by atoms with E-state index in [-0.39, 0.29) is 5.91 Å². The zero-order chi connectivity index (χ0) is 14.3. The largest absolute Gasteiger partial charge is 0.339 e.